The van der Waals surface area contributed by atoms with Crippen LogP contribution in [-0.4, -0.2) is 55.3 Å². The van der Waals surface area contributed by atoms with E-state index in [0.717, 1.165) is 12.8 Å². The van der Waals surface area contributed by atoms with Crippen LogP contribution in [0, 0.1) is 17.8 Å². The van der Waals surface area contributed by atoms with Gasteiger partial charge in [0.25, 0.3) is 5.91 Å². The van der Waals surface area contributed by atoms with E-state index in [-0.39, 0.29) is 18.4 Å². The van der Waals surface area contributed by atoms with Crippen molar-refractivity contribution >= 4 is 23.5 Å². The molecule has 0 radical (unpaired) electrons. The molecular formula is C18H22ClNO5. The van der Waals surface area contributed by atoms with Crippen molar-refractivity contribution in [2.75, 3.05) is 33.4 Å². The van der Waals surface area contributed by atoms with E-state index in [1.807, 2.05) is 0 Å². The number of carboxylic acid groups (broad SMARTS) is 1. The van der Waals surface area contributed by atoms with Gasteiger partial charge in [-0.15, -0.1) is 0 Å². The zero-order chi connectivity index (χ0) is 18.0. The Balaban J connectivity index is 1.78. The van der Waals surface area contributed by atoms with Gasteiger partial charge in [0.2, 0.25) is 0 Å². The zero-order valence-electron chi connectivity index (χ0n) is 14.1. The molecule has 2 fully saturated rings. The van der Waals surface area contributed by atoms with Gasteiger partial charge >= 0.3 is 5.97 Å². The normalized spacial score (nSPS) is 22.9. The van der Waals surface area contributed by atoms with Crippen LogP contribution in [0.4, 0.5) is 0 Å². The van der Waals surface area contributed by atoms with Gasteiger partial charge in [-0.05, 0) is 42.9 Å². The molecule has 1 aliphatic carbocycles. The Kier molecular flexibility index (Phi) is 5.49. The van der Waals surface area contributed by atoms with Crippen molar-refractivity contribution in [2.24, 2.45) is 17.8 Å². The van der Waals surface area contributed by atoms with Crippen LogP contribution >= 0.6 is 11.6 Å². The number of carbonyl (C=O) groups is 2. The van der Waals surface area contributed by atoms with E-state index in [0.29, 0.717) is 42.0 Å². The Morgan fingerprint density at radius 3 is 2.68 bits per heavy atom. The summed E-state index contributed by atoms with van der Waals surface area (Å²) in [4.78, 5) is 26.1. The molecule has 1 heterocycles. The molecule has 6 nitrogen and oxygen atoms in total. The molecule has 2 aliphatic rings. The van der Waals surface area contributed by atoms with E-state index in [2.05, 4.69) is 0 Å². The molecule has 1 N–H and O–H groups in total. The van der Waals surface area contributed by atoms with Crippen molar-refractivity contribution in [3.63, 3.8) is 0 Å². The van der Waals surface area contributed by atoms with E-state index in [9.17, 15) is 14.7 Å². The number of benzene rings is 1. The molecule has 136 valence electrons. The number of likely N-dealkylation sites (tertiary alicyclic amines) is 1. The second-order valence-corrected chi connectivity index (χ2v) is 7.07. The van der Waals surface area contributed by atoms with Gasteiger partial charge < -0.3 is 19.5 Å². The number of amides is 1. The lowest BCUT2D eigenvalue weighted by atomic mass is 9.92. The van der Waals surface area contributed by atoms with Gasteiger partial charge in [-0.25, -0.2) is 0 Å². The van der Waals surface area contributed by atoms with Crippen molar-refractivity contribution in [2.45, 2.75) is 12.8 Å². The highest BCUT2D eigenvalue weighted by molar-refractivity contribution is 6.31. The first-order valence-corrected chi connectivity index (χ1v) is 8.82. The SMILES string of the molecule is COCCOc1ccc(Cl)cc1C(=O)N1C[C@H](C(=O)O)[C@@H](C2CC2)C1. The Morgan fingerprint density at radius 1 is 1.28 bits per heavy atom. The van der Waals surface area contributed by atoms with Gasteiger partial charge in [-0.3, -0.25) is 9.59 Å². The molecule has 7 heteroatoms. The quantitative estimate of drug-likeness (QED) is 0.749. The second kappa shape index (κ2) is 7.62. The number of rotatable bonds is 7. The summed E-state index contributed by atoms with van der Waals surface area (Å²) in [5.41, 5.74) is 0.365. The predicted octanol–water partition coefficient (Wildman–Crippen LogP) is 2.55. The summed E-state index contributed by atoms with van der Waals surface area (Å²) in [6.45, 7) is 1.44. The maximum absolute atomic E-state index is 13.0. The maximum atomic E-state index is 13.0. The van der Waals surface area contributed by atoms with Crippen LogP contribution in [0.2, 0.25) is 5.02 Å². The molecule has 0 spiro atoms. The first-order valence-electron chi connectivity index (χ1n) is 8.44. The number of carbonyl (C=O) groups excluding carboxylic acids is 1. The minimum absolute atomic E-state index is 0.0403. The third-order valence-electron chi connectivity index (χ3n) is 4.91. The predicted molar refractivity (Wildman–Crippen MR) is 92.1 cm³/mol. The van der Waals surface area contributed by atoms with Crippen molar-refractivity contribution in [3.8, 4) is 5.75 Å². The molecular weight excluding hydrogens is 346 g/mol. The minimum Gasteiger partial charge on any atom is -0.490 e. The molecule has 0 unspecified atom stereocenters. The second-order valence-electron chi connectivity index (χ2n) is 6.64. The molecule has 2 atom stereocenters. The summed E-state index contributed by atoms with van der Waals surface area (Å²) in [5.74, 6) is -0.643. The lowest BCUT2D eigenvalue weighted by molar-refractivity contribution is -0.142. The van der Waals surface area contributed by atoms with Crippen LogP contribution in [0.25, 0.3) is 0 Å². The summed E-state index contributed by atoms with van der Waals surface area (Å²) in [7, 11) is 1.57. The summed E-state index contributed by atoms with van der Waals surface area (Å²) in [5, 5.41) is 9.91. The average Bonchev–Trinajstić information content (AvgIpc) is 3.33. The van der Waals surface area contributed by atoms with Crippen LogP contribution in [0.3, 0.4) is 0 Å². The first kappa shape index (κ1) is 18.0. The topological polar surface area (TPSA) is 76.1 Å². The van der Waals surface area contributed by atoms with Gasteiger partial charge in [0.1, 0.15) is 12.4 Å². The molecule has 1 aromatic carbocycles. The van der Waals surface area contributed by atoms with E-state index in [4.69, 9.17) is 21.1 Å². The molecule has 1 aromatic rings. The van der Waals surface area contributed by atoms with Crippen LogP contribution < -0.4 is 4.74 Å². The number of carboxylic acids is 1. The zero-order valence-corrected chi connectivity index (χ0v) is 14.9. The van der Waals surface area contributed by atoms with Crippen molar-refractivity contribution in [3.05, 3.63) is 28.8 Å². The number of hydrogen-bond acceptors (Lipinski definition) is 4. The lowest BCUT2D eigenvalue weighted by Crippen LogP contribution is -2.30. The van der Waals surface area contributed by atoms with Crippen molar-refractivity contribution < 1.29 is 24.2 Å². The smallest absolute Gasteiger partial charge is 0.308 e. The average molecular weight is 368 g/mol. The van der Waals surface area contributed by atoms with Gasteiger partial charge in [0.15, 0.2) is 0 Å². The van der Waals surface area contributed by atoms with E-state index in [1.165, 1.54) is 0 Å². The molecule has 0 aromatic heterocycles. The highest BCUT2D eigenvalue weighted by Gasteiger charge is 2.47. The summed E-state index contributed by atoms with van der Waals surface area (Å²) in [6, 6.07) is 4.90. The van der Waals surface area contributed by atoms with E-state index < -0.39 is 11.9 Å². The van der Waals surface area contributed by atoms with E-state index >= 15 is 0 Å². The van der Waals surface area contributed by atoms with E-state index in [1.54, 1.807) is 30.2 Å². The third-order valence-corrected chi connectivity index (χ3v) is 5.15. The fraction of sp³-hybridized carbons (Fsp3) is 0.556. The number of hydrogen-bond donors (Lipinski definition) is 1. The Labute approximate surface area is 151 Å². The number of ether oxygens (including phenoxy) is 2. The highest BCUT2D eigenvalue weighted by Crippen LogP contribution is 2.44. The fourth-order valence-corrected chi connectivity index (χ4v) is 3.63. The number of aliphatic carboxylic acids is 1. The maximum Gasteiger partial charge on any atom is 0.308 e. The Bertz CT molecular complexity index is 661. The largest absolute Gasteiger partial charge is 0.490 e. The Morgan fingerprint density at radius 2 is 2.04 bits per heavy atom. The molecule has 1 saturated heterocycles. The van der Waals surface area contributed by atoms with Gasteiger partial charge in [-0.2, -0.15) is 0 Å². The lowest BCUT2D eigenvalue weighted by Gasteiger charge is -2.19. The number of methoxy groups -OCH3 is 1. The molecule has 25 heavy (non-hydrogen) atoms. The summed E-state index contributed by atoms with van der Waals surface area (Å²) < 4.78 is 10.6. The van der Waals surface area contributed by atoms with Gasteiger partial charge in [0.05, 0.1) is 18.1 Å². The van der Waals surface area contributed by atoms with Gasteiger partial charge in [-0.1, -0.05) is 11.6 Å². The molecule has 0 bridgehead atoms. The minimum atomic E-state index is -0.824. The first-order chi connectivity index (χ1) is 12.0. The summed E-state index contributed by atoms with van der Waals surface area (Å²) in [6.07, 6.45) is 2.11. The van der Waals surface area contributed by atoms with Crippen LogP contribution in [0.1, 0.15) is 23.2 Å². The third kappa shape index (κ3) is 4.07. The van der Waals surface area contributed by atoms with Crippen molar-refractivity contribution in [1.29, 1.82) is 0 Å². The standard InChI is InChI=1S/C18H22ClNO5/c1-24-6-7-25-16-5-4-12(19)8-13(16)17(21)20-9-14(11-2-3-11)15(10-20)18(22)23/h4-5,8,11,14-15H,2-3,6-7,9-10H2,1H3,(H,22,23)/t14-,15+/m1/s1. The van der Waals surface area contributed by atoms with Crippen molar-refractivity contribution in [1.82, 2.24) is 4.90 Å². The molecule has 1 aliphatic heterocycles. The molecule has 1 saturated carbocycles. The Hall–Kier alpha value is -1.79. The van der Waals surface area contributed by atoms with Crippen LogP contribution in [0.5, 0.6) is 5.75 Å². The van der Waals surface area contributed by atoms with Gasteiger partial charge in [0, 0.05) is 25.2 Å². The molecule has 3 rings (SSSR count). The highest BCUT2D eigenvalue weighted by atomic mass is 35.5. The summed E-state index contributed by atoms with van der Waals surface area (Å²) >= 11 is 6.05. The number of halogens is 1. The number of nitrogens with zero attached hydrogens (tertiary/aromatic N) is 1. The van der Waals surface area contributed by atoms with Crippen LogP contribution in [-0.2, 0) is 9.53 Å². The molecule has 1 amide bonds. The monoisotopic (exact) mass is 367 g/mol. The fourth-order valence-electron chi connectivity index (χ4n) is 3.46. The van der Waals surface area contributed by atoms with Crippen LogP contribution in [0.15, 0.2) is 18.2 Å².